The van der Waals surface area contributed by atoms with Crippen LogP contribution < -0.4 is 10.3 Å². The molecule has 0 unspecified atom stereocenters. The summed E-state index contributed by atoms with van der Waals surface area (Å²) in [6.07, 6.45) is 0.893. The average molecular weight is 345 g/mol. The zero-order valence-corrected chi connectivity index (χ0v) is 13.7. The standard InChI is InChI=1S/C13H17BrN2O2S/c1-4-5-18-13-15-11-9(6-10(14)19-11)12(17)16(13)7-8(2)3/h6,8H,4-5,7H2,1-3H3. The molecule has 19 heavy (non-hydrogen) atoms. The lowest BCUT2D eigenvalue weighted by molar-refractivity contribution is 0.267. The van der Waals surface area contributed by atoms with Gasteiger partial charge in [0.15, 0.2) is 0 Å². The molecule has 0 fully saturated rings. The Hall–Kier alpha value is -0.880. The Morgan fingerprint density at radius 1 is 1.53 bits per heavy atom. The van der Waals surface area contributed by atoms with Crippen LogP contribution in [0.25, 0.3) is 10.2 Å². The fourth-order valence-corrected chi connectivity index (χ4v) is 3.23. The van der Waals surface area contributed by atoms with E-state index in [4.69, 9.17) is 4.74 Å². The van der Waals surface area contributed by atoms with Crippen LogP contribution in [-0.4, -0.2) is 16.2 Å². The quantitative estimate of drug-likeness (QED) is 0.831. The molecule has 0 aromatic carbocycles. The van der Waals surface area contributed by atoms with E-state index in [2.05, 4.69) is 34.8 Å². The smallest absolute Gasteiger partial charge is 0.300 e. The molecule has 0 bridgehead atoms. The molecule has 2 rings (SSSR count). The molecule has 0 saturated heterocycles. The molecule has 0 aliphatic heterocycles. The number of hydrogen-bond acceptors (Lipinski definition) is 4. The van der Waals surface area contributed by atoms with Gasteiger partial charge in [-0.25, -0.2) is 0 Å². The van der Waals surface area contributed by atoms with Gasteiger partial charge in [-0.2, -0.15) is 4.98 Å². The lowest BCUT2D eigenvalue weighted by Gasteiger charge is -2.14. The molecule has 2 aromatic heterocycles. The molecule has 4 nitrogen and oxygen atoms in total. The number of thiophene rings is 1. The number of hydrogen-bond donors (Lipinski definition) is 0. The molecule has 0 aliphatic carbocycles. The van der Waals surface area contributed by atoms with E-state index < -0.39 is 0 Å². The van der Waals surface area contributed by atoms with Crippen LogP contribution in [-0.2, 0) is 6.54 Å². The zero-order chi connectivity index (χ0) is 14.0. The van der Waals surface area contributed by atoms with E-state index in [-0.39, 0.29) is 5.56 Å². The van der Waals surface area contributed by atoms with Crippen LogP contribution in [0.5, 0.6) is 6.01 Å². The third-order valence-electron chi connectivity index (χ3n) is 2.57. The molecular weight excluding hydrogens is 328 g/mol. The van der Waals surface area contributed by atoms with Crippen molar-refractivity contribution in [3.05, 3.63) is 20.2 Å². The summed E-state index contributed by atoms with van der Waals surface area (Å²) >= 11 is 4.85. The molecule has 0 saturated carbocycles. The second-order valence-corrected chi connectivity index (χ2v) is 7.23. The summed E-state index contributed by atoms with van der Waals surface area (Å²) < 4.78 is 8.18. The summed E-state index contributed by atoms with van der Waals surface area (Å²) in [5.74, 6) is 0.364. The summed E-state index contributed by atoms with van der Waals surface area (Å²) in [5, 5.41) is 0.654. The van der Waals surface area contributed by atoms with Crippen molar-refractivity contribution >= 4 is 37.5 Å². The zero-order valence-electron chi connectivity index (χ0n) is 11.3. The maximum absolute atomic E-state index is 12.5. The molecule has 0 aliphatic rings. The highest BCUT2D eigenvalue weighted by atomic mass is 79.9. The highest BCUT2D eigenvalue weighted by molar-refractivity contribution is 9.11. The van der Waals surface area contributed by atoms with Gasteiger partial charge in [0.05, 0.1) is 15.8 Å². The van der Waals surface area contributed by atoms with Gasteiger partial charge in [-0.15, -0.1) is 11.3 Å². The Kier molecular flexibility index (Phi) is 4.62. The minimum absolute atomic E-state index is 0.0215. The Morgan fingerprint density at radius 2 is 2.26 bits per heavy atom. The first-order valence-corrected chi connectivity index (χ1v) is 7.96. The van der Waals surface area contributed by atoms with Crippen LogP contribution in [0.2, 0.25) is 0 Å². The summed E-state index contributed by atoms with van der Waals surface area (Å²) in [5.41, 5.74) is -0.0215. The summed E-state index contributed by atoms with van der Waals surface area (Å²) in [6, 6.07) is 2.26. The third kappa shape index (κ3) is 3.17. The van der Waals surface area contributed by atoms with Crippen molar-refractivity contribution in [2.75, 3.05) is 6.61 Å². The van der Waals surface area contributed by atoms with Crippen molar-refractivity contribution in [3.63, 3.8) is 0 Å². The normalized spacial score (nSPS) is 11.4. The van der Waals surface area contributed by atoms with Crippen LogP contribution in [0, 0.1) is 5.92 Å². The molecule has 0 atom stereocenters. The van der Waals surface area contributed by atoms with Gasteiger partial charge in [0.2, 0.25) is 0 Å². The predicted octanol–water partition coefficient (Wildman–Crippen LogP) is 3.67. The number of halogens is 1. The molecule has 2 aromatic rings. The molecule has 104 valence electrons. The van der Waals surface area contributed by atoms with Gasteiger partial charge in [-0.3, -0.25) is 9.36 Å². The Morgan fingerprint density at radius 3 is 2.89 bits per heavy atom. The molecule has 0 radical (unpaired) electrons. The van der Waals surface area contributed by atoms with Gasteiger partial charge in [0.25, 0.3) is 5.56 Å². The van der Waals surface area contributed by atoms with Gasteiger partial charge in [-0.1, -0.05) is 20.8 Å². The first kappa shape index (κ1) is 14.5. The molecule has 6 heteroatoms. The van der Waals surface area contributed by atoms with Crippen molar-refractivity contribution in [3.8, 4) is 6.01 Å². The minimum atomic E-state index is -0.0215. The second-order valence-electron chi connectivity index (χ2n) is 4.82. The van der Waals surface area contributed by atoms with Gasteiger partial charge < -0.3 is 4.74 Å². The van der Waals surface area contributed by atoms with Crippen molar-refractivity contribution < 1.29 is 4.74 Å². The lowest BCUT2D eigenvalue weighted by atomic mass is 10.2. The van der Waals surface area contributed by atoms with Gasteiger partial charge in [-0.05, 0) is 34.3 Å². The van der Waals surface area contributed by atoms with Crippen molar-refractivity contribution in [2.45, 2.75) is 33.7 Å². The van der Waals surface area contributed by atoms with Crippen molar-refractivity contribution in [1.29, 1.82) is 0 Å². The summed E-state index contributed by atoms with van der Waals surface area (Å²) in [4.78, 5) is 17.7. The Balaban J connectivity index is 2.58. The SMILES string of the molecule is CCCOc1nc2sc(Br)cc2c(=O)n1CC(C)C. The fraction of sp³-hybridized carbons (Fsp3) is 0.538. The fourth-order valence-electron chi connectivity index (χ4n) is 1.80. The van der Waals surface area contributed by atoms with Crippen molar-refractivity contribution in [2.24, 2.45) is 5.92 Å². The van der Waals surface area contributed by atoms with Crippen LogP contribution in [0.3, 0.4) is 0 Å². The number of ether oxygens (including phenoxy) is 1. The van der Waals surface area contributed by atoms with Crippen LogP contribution >= 0.6 is 27.3 Å². The third-order valence-corrected chi connectivity index (χ3v) is 4.10. The highest BCUT2D eigenvalue weighted by Gasteiger charge is 2.15. The summed E-state index contributed by atoms with van der Waals surface area (Å²) in [7, 11) is 0. The topological polar surface area (TPSA) is 44.1 Å². The average Bonchev–Trinajstić information content (AvgIpc) is 2.71. The van der Waals surface area contributed by atoms with E-state index in [1.807, 2.05) is 13.0 Å². The number of nitrogens with zero attached hydrogens (tertiary/aromatic N) is 2. The van der Waals surface area contributed by atoms with E-state index in [1.54, 1.807) is 4.57 Å². The molecular formula is C13H17BrN2O2S. The molecule has 2 heterocycles. The molecule has 0 amide bonds. The van der Waals surface area contributed by atoms with Crippen molar-refractivity contribution in [1.82, 2.24) is 9.55 Å². The first-order chi connectivity index (χ1) is 9.02. The van der Waals surface area contributed by atoms with Gasteiger partial charge in [0, 0.05) is 6.54 Å². The van der Waals surface area contributed by atoms with Gasteiger partial charge >= 0.3 is 6.01 Å². The Labute approximate surface area is 124 Å². The largest absolute Gasteiger partial charge is 0.465 e. The van der Waals surface area contributed by atoms with E-state index in [1.165, 1.54) is 11.3 Å². The number of fused-ring (bicyclic) bond motifs is 1. The monoisotopic (exact) mass is 344 g/mol. The number of rotatable bonds is 5. The van der Waals surface area contributed by atoms with E-state index >= 15 is 0 Å². The van der Waals surface area contributed by atoms with E-state index in [9.17, 15) is 4.79 Å². The maximum Gasteiger partial charge on any atom is 0.300 e. The van der Waals surface area contributed by atoms with E-state index in [0.717, 1.165) is 15.0 Å². The second kappa shape index (κ2) is 6.05. The molecule has 0 N–H and O–H groups in total. The van der Waals surface area contributed by atoms with Crippen LogP contribution in [0.15, 0.2) is 14.6 Å². The van der Waals surface area contributed by atoms with Crippen LogP contribution in [0.1, 0.15) is 27.2 Å². The Bertz CT molecular complexity index is 633. The first-order valence-electron chi connectivity index (χ1n) is 6.35. The maximum atomic E-state index is 12.5. The van der Waals surface area contributed by atoms with E-state index in [0.29, 0.717) is 30.5 Å². The number of aromatic nitrogens is 2. The highest BCUT2D eigenvalue weighted by Crippen LogP contribution is 2.27. The predicted molar refractivity (Wildman–Crippen MR) is 82.2 cm³/mol. The summed E-state index contributed by atoms with van der Waals surface area (Å²) in [6.45, 7) is 7.37. The lowest BCUT2D eigenvalue weighted by Crippen LogP contribution is -2.25. The van der Waals surface area contributed by atoms with Gasteiger partial charge in [0.1, 0.15) is 4.83 Å². The molecule has 0 spiro atoms. The minimum Gasteiger partial charge on any atom is -0.465 e. The van der Waals surface area contributed by atoms with Crippen LogP contribution in [0.4, 0.5) is 0 Å².